The molecule has 8 heteroatoms. The average Bonchev–Trinajstić information content (AvgIpc) is 3.04. The minimum Gasteiger partial charge on any atom is -0.544 e. The van der Waals surface area contributed by atoms with Crippen molar-refractivity contribution in [3.63, 3.8) is 0 Å². The molecule has 5 atom stereocenters. The van der Waals surface area contributed by atoms with Crippen molar-refractivity contribution >= 4 is 5.97 Å². The van der Waals surface area contributed by atoms with Gasteiger partial charge in [-0.05, 0) is 34.6 Å². The molecule has 3 aliphatic heterocycles. The van der Waals surface area contributed by atoms with E-state index in [-0.39, 0.29) is 6.61 Å². The highest BCUT2D eigenvalue weighted by Crippen LogP contribution is 2.48. The van der Waals surface area contributed by atoms with E-state index in [0.29, 0.717) is 6.04 Å². The summed E-state index contributed by atoms with van der Waals surface area (Å²) in [6.45, 7) is 9.07. The molecule has 0 spiro atoms. The van der Waals surface area contributed by atoms with Gasteiger partial charge in [0.1, 0.15) is 30.3 Å². The fraction of sp³-hybridized carbons (Fsp3) is 0.650. The van der Waals surface area contributed by atoms with Crippen molar-refractivity contribution in [2.45, 2.75) is 76.3 Å². The molecule has 3 aliphatic rings. The van der Waals surface area contributed by atoms with Gasteiger partial charge in [0.15, 0.2) is 11.6 Å². The maximum Gasteiger partial charge on any atom is 0.242 e. The molecule has 28 heavy (non-hydrogen) atoms. The minimum atomic E-state index is -1.93. The molecule has 0 bridgehead atoms. The lowest BCUT2D eigenvalue weighted by Gasteiger charge is -2.38. The zero-order valence-electron chi connectivity index (χ0n) is 17.0. The number of ether oxygens (including phenoxy) is 5. The fourth-order valence-corrected chi connectivity index (χ4v) is 3.59. The Morgan fingerprint density at radius 1 is 1.11 bits per heavy atom. The molecular formula is C20H29NO7. The Balaban J connectivity index is 0.000000211. The van der Waals surface area contributed by atoms with Crippen LogP contribution in [0, 0.1) is 0 Å². The monoisotopic (exact) mass is 395 g/mol. The molecule has 0 aromatic heterocycles. The summed E-state index contributed by atoms with van der Waals surface area (Å²) in [5, 5.41) is 11.5. The number of quaternary nitrogens is 1. The van der Waals surface area contributed by atoms with Gasteiger partial charge in [-0.25, -0.2) is 0 Å². The third-order valence-corrected chi connectivity index (χ3v) is 4.84. The third kappa shape index (κ3) is 4.07. The molecule has 0 saturated carbocycles. The van der Waals surface area contributed by atoms with E-state index >= 15 is 0 Å². The van der Waals surface area contributed by atoms with Crippen LogP contribution in [-0.2, 0) is 28.5 Å². The zero-order valence-corrected chi connectivity index (χ0v) is 17.0. The second-order valence-corrected chi connectivity index (χ2v) is 8.26. The van der Waals surface area contributed by atoms with E-state index in [0.717, 1.165) is 0 Å². The second kappa shape index (κ2) is 7.37. The van der Waals surface area contributed by atoms with E-state index in [4.69, 9.17) is 23.7 Å². The summed E-state index contributed by atoms with van der Waals surface area (Å²) < 4.78 is 27.8. The normalized spacial score (nSPS) is 35.9. The number of carbonyl (C=O) groups is 1. The molecule has 3 saturated heterocycles. The van der Waals surface area contributed by atoms with Crippen LogP contribution in [0.2, 0.25) is 0 Å². The maximum absolute atomic E-state index is 11.5. The standard InChI is InChI=1S/C12H18O7.C8H11N/c1-10(2)15-5-6-7(17-10)8-12(16-6,9(13)14)19-11(3,4)18-8;1-7(9)8-5-3-2-4-6-8/h6-8H,5H2,1-4H3,(H,13,14);2-7H,9H2,1H3/t6-,7+,8-,12+;7-/m00/s1. The van der Waals surface area contributed by atoms with Crippen LogP contribution in [0.3, 0.4) is 0 Å². The molecule has 156 valence electrons. The van der Waals surface area contributed by atoms with Gasteiger partial charge in [-0.1, -0.05) is 30.3 Å². The van der Waals surface area contributed by atoms with E-state index in [1.54, 1.807) is 27.7 Å². The molecule has 0 radical (unpaired) electrons. The van der Waals surface area contributed by atoms with Crippen LogP contribution in [0.4, 0.5) is 0 Å². The Kier molecular flexibility index (Phi) is 5.57. The number of benzene rings is 1. The highest BCUT2D eigenvalue weighted by Gasteiger charge is 2.68. The molecule has 1 aromatic carbocycles. The highest BCUT2D eigenvalue weighted by molar-refractivity contribution is 5.75. The van der Waals surface area contributed by atoms with E-state index in [2.05, 4.69) is 24.8 Å². The Morgan fingerprint density at radius 3 is 2.29 bits per heavy atom. The van der Waals surface area contributed by atoms with Crippen molar-refractivity contribution in [1.82, 2.24) is 0 Å². The molecule has 0 unspecified atom stereocenters. The molecule has 3 fully saturated rings. The van der Waals surface area contributed by atoms with Crippen molar-refractivity contribution in [3.05, 3.63) is 35.9 Å². The van der Waals surface area contributed by atoms with Crippen molar-refractivity contribution < 1.29 is 39.3 Å². The average molecular weight is 395 g/mol. The van der Waals surface area contributed by atoms with E-state index in [1.165, 1.54) is 5.56 Å². The summed E-state index contributed by atoms with van der Waals surface area (Å²) in [5.41, 5.74) is 5.21. The van der Waals surface area contributed by atoms with Crippen LogP contribution in [0.25, 0.3) is 0 Å². The Labute approximate surface area is 164 Å². The predicted octanol–water partition coefficient (Wildman–Crippen LogP) is 0.124. The quantitative estimate of drug-likeness (QED) is 0.757. The zero-order chi connectivity index (χ0) is 20.7. The topological polar surface area (TPSA) is 114 Å². The van der Waals surface area contributed by atoms with Crippen LogP contribution >= 0.6 is 0 Å². The first-order chi connectivity index (χ1) is 13.0. The van der Waals surface area contributed by atoms with E-state index in [9.17, 15) is 9.90 Å². The Bertz CT molecular complexity index is 706. The highest BCUT2D eigenvalue weighted by atomic mass is 16.9. The lowest BCUT2D eigenvalue weighted by molar-refractivity contribution is -0.420. The van der Waals surface area contributed by atoms with Crippen LogP contribution < -0.4 is 10.8 Å². The number of fused-ring (bicyclic) bond motifs is 3. The number of hydrogen-bond donors (Lipinski definition) is 1. The number of rotatable bonds is 2. The molecule has 8 nitrogen and oxygen atoms in total. The SMILES string of the molecule is CC1(C)OC[C@@H]2O[C@@]3(C(=O)[O-])OC(C)(C)O[C@H]3[C@@H]2O1.C[C@H]([NH3+])c1ccccc1. The molecule has 3 N–H and O–H groups in total. The van der Waals surface area contributed by atoms with Crippen molar-refractivity contribution in [3.8, 4) is 0 Å². The molecule has 0 aliphatic carbocycles. The summed E-state index contributed by atoms with van der Waals surface area (Å²) >= 11 is 0. The third-order valence-electron chi connectivity index (χ3n) is 4.84. The molecule has 3 heterocycles. The van der Waals surface area contributed by atoms with Gasteiger partial charge in [0.2, 0.25) is 5.79 Å². The first-order valence-corrected chi connectivity index (χ1v) is 9.43. The van der Waals surface area contributed by atoms with Crippen LogP contribution in [0.15, 0.2) is 30.3 Å². The van der Waals surface area contributed by atoms with Gasteiger partial charge in [0, 0.05) is 5.56 Å². The number of aliphatic carboxylic acids is 1. The molecular weight excluding hydrogens is 366 g/mol. The fourth-order valence-electron chi connectivity index (χ4n) is 3.59. The van der Waals surface area contributed by atoms with Gasteiger partial charge in [0.05, 0.1) is 6.61 Å². The number of carboxylic acids is 1. The summed E-state index contributed by atoms with van der Waals surface area (Å²) in [6, 6.07) is 10.7. The van der Waals surface area contributed by atoms with Crippen LogP contribution in [0.1, 0.15) is 46.2 Å². The van der Waals surface area contributed by atoms with Crippen LogP contribution in [0.5, 0.6) is 0 Å². The summed E-state index contributed by atoms with van der Waals surface area (Å²) in [5.74, 6) is -5.27. The molecule has 4 rings (SSSR count). The lowest BCUT2D eigenvalue weighted by Crippen LogP contribution is -2.56. The molecule has 0 amide bonds. The summed E-state index contributed by atoms with van der Waals surface area (Å²) in [7, 11) is 0. The predicted molar refractivity (Wildman–Crippen MR) is 95.3 cm³/mol. The van der Waals surface area contributed by atoms with E-state index in [1.807, 2.05) is 18.2 Å². The van der Waals surface area contributed by atoms with Gasteiger partial charge < -0.3 is 39.3 Å². The number of carboxylic acid groups (broad SMARTS) is 1. The number of hydrogen-bond acceptors (Lipinski definition) is 7. The Morgan fingerprint density at radius 2 is 1.75 bits per heavy atom. The van der Waals surface area contributed by atoms with Crippen molar-refractivity contribution in [1.29, 1.82) is 0 Å². The first-order valence-electron chi connectivity index (χ1n) is 9.43. The maximum atomic E-state index is 11.5. The minimum absolute atomic E-state index is 0.219. The number of carbonyl (C=O) groups excluding carboxylic acids is 1. The Hall–Kier alpha value is -1.55. The smallest absolute Gasteiger partial charge is 0.242 e. The lowest BCUT2D eigenvalue weighted by atomic mass is 10.0. The molecule has 1 aromatic rings. The van der Waals surface area contributed by atoms with Crippen LogP contribution in [-0.4, -0.2) is 48.2 Å². The van der Waals surface area contributed by atoms with Crippen molar-refractivity contribution in [2.75, 3.05) is 6.61 Å². The van der Waals surface area contributed by atoms with Gasteiger partial charge in [-0.2, -0.15) is 0 Å². The first kappa shape index (κ1) is 21.2. The summed E-state index contributed by atoms with van der Waals surface area (Å²) in [6.07, 6.45) is -1.99. The van der Waals surface area contributed by atoms with Gasteiger partial charge in [-0.15, -0.1) is 0 Å². The van der Waals surface area contributed by atoms with Gasteiger partial charge >= 0.3 is 0 Å². The summed E-state index contributed by atoms with van der Waals surface area (Å²) in [4.78, 5) is 11.5. The van der Waals surface area contributed by atoms with Gasteiger partial charge in [0.25, 0.3) is 0 Å². The van der Waals surface area contributed by atoms with Gasteiger partial charge in [-0.3, -0.25) is 0 Å². The second-order valence-electron chi connectivity index (χ2n) is 8.26. The largest absolute Gasteiger partial charge is 0.544 e. The van der Waals surface area contributed by atoms with E-state index < -0.39 is 41.6 Å². The van der Waals surface area contributed by atoms with Crippen molar-refractivity contribution in [2.24, 2.45) is 0 Å².